The predicted octanol–water partition coefficient (Wildman–Crippen LogP) is 4.20. The normalized spacial score (nSPS) is 29.0. The third-order valence-corrected chi connectivity index (χ3v) is 5.38. The molecule has 1 spiro atoms. The molecule has 1 aliphatic carbocycles. The Labute approximate surface area is 132 Å². The van der Waals surface area contributed by atoms with Crippen molar-refractivity contribution in [2.24, 2.45) is 16.6 Å². The summed E-state index contributed by atoms with van der Waals surface area (Å²) in [5, 5.41) is 0.757. The highest BCUT2D eigenvalue weighted by Crippen LogP contribution is 2.44. The number of hydrogen-bond acceptors (Lipinski definition) is 3. The third kappa shape index (κ3) is 2.64. The third-order valence-electron chi connectivity index (χ3n) is 5.06. The molecule has 2 aliphatic rings. The largest absolute Gasteiger partial charge is 0.369 e. The van der Waals surface area contributed by atoms with Crippen molar-refractivity contribution in [3.63, 3.8) is 0 Å². The fourth-order valence-corrected chi connectivity index (χ4v) is 4.14. The summed E-state index contributed by atoms with van der Waals surface area (Å²) >= 11 is 6.40. The van der Waals surface area contributed by atoms with Gasteiger partial charge in [-0.1, -0.05) is 43.5 Å². The molecule has 0 bridgehead atoms. The van der Waals surface area contributed by atoms with Crippen molar-refractivity contribution in [2.75, 3.05) is 11.4 Å². The maximum Gasteiger partial charge on any atom is 0.196 e. The Hall–Kier alpha value is -1.22. The van der Waals surface area contributed by atoms with Crippen LogP contribution in [0.4, 0.5) is 5.69 Å². The molecule has 21 heavy (non-hydrogen) atoms. The molecule has 1 heterocycles. The van der Waals surface area contributed by atoms with Gasteiger partial charge in [0.2, 0.25) is 0 Å². The van der Waals surface area contributed by atoms with Gasteiger partial charge in [0.1, 0.15) is 0 Å². The van der Waals surface area contributed by atoms with E-state index in [4.69, 9.17) is 17.3 Å². The van der Waals surface area contributed by atoms with Crippen molar-refractivity contribution in [2.45, 2.75) is 51.0 Å². The molecule has 0 atom stereocenters. The number of nitrogens with zero attached hydrogens (tertiary/aromatic N) is 2. The van der Waals surface area contributed by atoms with Gasteiger partial charge in [-0.05, 0) is 43.7 Å². The van der Waals surface area contributed by atoms with Crippen LogP contribution in [0, 0.1) is 5.92 Å². The summed E-state index contributed by atoms with van der Waals surface area (Å²) in [7, 11) is 0. The molecule has 1 saturated carbocycles. The lowest BCUT2D eigenvalue weighted by atomic mass is 9.74. The van der Waals surface area contributed by atoms with Gasteiger partial charge in [0.05, 0.1) is 22.8 Å². The SMILES string of the molecule is CCCC1CCC2(CC1)CN=C(N)N2c1ccccc1Cl. The molecule has 1 aromatic rings. The number of benzene rings is 1. The number of halogens is 1. The maximum atomic E-state index is 6.40. The van der Waals surface area contributed by atoms with E-state index in [1.165, 1.54) is 25.7 Å². The Kier molecular flexibility index (Phi) is 4.12. The first-order valence-electron chi connectivity index (χ1n) is 8.01. The zero-order valence-corrected chi connectivity index (χ0v) is 13.4. The Morgan fingerprint density at radius 2 is 2.05 bits per heavy atom. The molecule has 0 saturated heterocycles. The number of nitrogens with two attached hydrogens (primary N) is 1. The minimum Gasteiger partial charge on any atom is -0.369 e. The van der Waals surface area contributed by atoms with Crippen molar-refractivity contribution in [3.05, 3.63) is 29.3 Å². The molecule has 4 heteroatoms. The van der Waals surface area contributed by atoms with E-state index in [0.717, 1.165) is 36.0 Å². The Morgan fingerprint density at radius 1 is 1.33 bits per heavy atom. The molecule has 2 N–H and O–H groups in total. The van der Waals surface area contributed by atoms with Crippen LogP contribution < -0.4 is 10.6 Å². The monoisotopic (exact) mass is 305 g/mol. The highest BCUT2D eigenvalue weighted by Gasteiger charge is 2.45. The minimum atomic E-state index is 0.0549. The van der Waals surface area contributed by atoms with Gasteiger partial charge >= 0.3 is 0 Å². The van der Waals surface area contributed by atoms with Crippen LogP contribution >= 0.6 is 11.6 Å². The minimum absolute atomic E-state index is 0.0549. The van der Waals surface area contributed by atoms with E-state index in [0.29, 0.717) is 5.96 Å². The fraction of sp³-hybridized carbons (Fsp3) is 0.588. The van der Waals surface area contributed by atoms with Crippen LogP contribution in [0.15, 0.2) is 29.3 Å². The van der Waals surface area contributed by atoms with Crippen LogP contribution in [-0.2, 0) is 0 Å². The van der Waals surface area contributed by atoms with Crippen LogP contribution in [0.3, 0.4) is 0 Å². The molecule has 3 nitrogen and oxygen atoms in total. The topological polar surface area (TPSA) is 41.6 Å². The number of hydrogen-bond donors (Lipinski definition) is 1. The van der Waals surface area contributed by atoms with Crippen molar-refractivity contribution < 1.29 is 0 Å². The highest BCUT2D eigenvalue weighted by atomic mass is 35.5. The Balaban J connectivity index is 1.85. The molecule has 114 valence electrons. The summed E-state index contributed by atoms with van der Waals surface area (Å²) < 4.78 is 0. The van der Waals surface area contributed by atoms with Gasteiger partial charge in [-0.3, -0.25) is 4.99 Å². The standard InChI is InChI=1S/C17H24ClN3/c1-2-5-13-8-10-17(11-9-13)12-20-16(19)21(17)15-7-4-3-6-14(15)18/h3-4,6-7,13H,2,5,8-12H2,1H3,(H2,19,20). The number of aliphatic imine (C=N–C) groups is 1. The molecule has 1 fully saturated rings. The van der Waals surface area contributed by atoms with Gasteiger partial charge in [-0.25, -0.2) is 0 Å². The fourth-order valence-electron chi connectivity index (χ4n) is 3.92. The zero-order chi connectivity index (χ0) is 14.9. The van der Waals surface area contributed by atoms with Gasteiger partial charge < -0.3 is 10.6 Å². The average molecular weight is 306 g/mol. The van der Waals surface area contributed by atoms with Crippen molar-refractivity contribution in [3.8, 4) is 0 Å². The first kappa shape index (κ1) is 14.7. The summed E-state index contributed by atoms with van der Waals surface area (Å²) in [5.41, 5.74) is 7.26. The molecule has 0 amide bonds. The van der Waals surface area contributed by atoms with Crippen LogP contribution in [-0.4, -0.2) is 18.0 Å². The molecule has 0 aromatic heterocycles. The van der Waals surface area contributed by atoms with Crippen molar-refractivity contribution in [1.29, 1.82) is 0 Å². The number of anilines is 1. The Bertz CT molecular complexity index is 533. The quantitative estimate of drug-likeness (QED) is 0.909. The van der Waals surface area contributed by atoms with Gasteiger partial charge in [0, 0.05) is 0 Å². The summed E-state index contributed by atoms with van der Waals surface area (Å²) in [6, 6.07) is 7.96. The van der Waals surface area contributed by atoms with Crippen LogP contribution in [0.5, 0.6) is 0 Å². The lowest BCUT2D eigenvalue weighted by Gasteiger charge is -2.44. The first-order valence-corrected chi connectivity index (χ1v) is 8.39. The second kappa shape index (κ2) is 5.88. The number of guanidine groups is 1. The summed E-state index contributed by atoms with van der Waals surface area (Å²) in [5.74, 6) is 1.49. The van der Waals surface area contributed by atoms with Gasteiger partial charge in [0.15, 0.2) is 5.96 Å². The number of para-hydroxylation sites is 1. The second-order valence-corrected chi connectivity index (χ2v) is 6.82. The molecule has 1 aromatic carbocycles. The van der Waals surface area contributed by atoms with Gasteiger partial charge in [-0.2, -0.15) is 0 Å². The van der Waals surface area contributed by atoms with Gasteiger partial charge in [0.25, 0.3) is 0 Å². The molecule has 0 radical (unpaired) electrons. The van der Waals surface area contributed by atoms with Gasteiger partial charge in [-0.15, -0.1) is 0 Å². The van der Waals surface area contributed by atoms with E-state index in [9.17, 15) is 0 Å². The molecule has 1 aliphatic heterocycles. The average Bonchev–Trinajstić information content (AvgIpc) is 2.80. The molecule has 0 unspecified atom stereocenters. The molecular formula is C17H24ClN3. The van der Waals surface area contributed by atoms with E-state index in [2.05, 4.69) is 22.9 Å². The van der Waals surface area contributed by atoms with E-state index < -0.39 is 0 Å². The summed E-state index contributed by atoms with van der Waals surface area (Å²) in [6.45, 7) is 3.08. The molecular weight excluding hydrogens is 282 g/mol. The Morgan fingerprint density at radius 3 is 2.71 bits per heavy atom. The first-order chi connectivity index (χ1) is 10.2. The van der Waals surface area contributed by atoms with E-state index >= 15 is 0 Å². The van der Waals surface area contributed by atoms with Crippen LogP contribution in [0.25, 0.3) is 0 Å². The smallest absolute Gasteiger partial charge is 0.196 e. The lowest BCUT2D eigenvalue weighted by Crippen LogP contribution is -2.54. The molecule has 3 rings (SSSR count). The maximum absolute atomic E-state index is 6.40. The van der Waals surface area contributed by atoms with Crippen molar-refractivity contribution >= 4 is 23.2 Å². The number of rotatable bonds is 3. The van der Waals surface area contributed by atoms with E-state index in [1.54, 1.807) is 0 Å². The zero-order valence-electron chi connectivity index (χ0n) is 12.7. The van der Waals surface area contributed by atoms with E-state index in [-0.39, 0.29) is 5.54 Å². The summed E-state index contributed by atoms with van der Waals surface area (Å²) in [6.07, 6.45) is 7.50. The highest BCUT2D eigenvalue weighted by molar-refractivity contribution is 6.34. The second-order valence-electron chi connectivity index (χ2n) is 6.42. The summed E-state index contributed by atoms with van der Waals surface area (Å²) in [4.78, 5) is 6.75. The predicted molar refractivity (Wildman–Crippen MR) is 90.0 cm³/mol. The lowest BCUT2D eigenvalue weighted by molar-refractivity contribution is 0.238. The van der Waals surface area contributed by atoms with E-state index in [1.807, 2.05) is 18.2 Å². The van der Waals surface area contributed by atoms with Crippen LogP contribution in [0.1, 0.15) is 45.4 Å². The van der Waals surface area contributed by atoms with Crippen LogP contribution in [0.2, 0.25) is 5.02 Å². The van der Waals surface area contributed by atoms with Crippen molar-refractivity contribution in [1.82, 2.24) is 0 Å².